The van der Waals surface area contributed by atoms with Gasteiger partial charge in [0.05, 0.1) is 25.9 Å². The molecular formula is C33H64N2O3S. The summed E-state index contributed by atoms with van der Waals surface area (Å²) in [6, 6.07) is 0. The molecule has 3 saturated heterocycles. The van der Waals surface area contributed by atoms with Crippen molar-refractivity contribution in [2.45, 2.75) is 112 Å². The minimum Gasteiger partial charge on any atom is -0.393 e. The van der Waals surface area contributed by atoms with Crippen LogP contribution >= 0.6 is 11.8 Å². The van der Waals surface area contributed by atoms with Crippen molar-refractivity contribution in [2.24, 2.45) is 35.0 Å². The van der Waals surface area contributed by atoms with Crippen LogP contribution < -0.4 is 0 Å². The van der Waals surface area contributed by atoms with E-state index in [-0.39, 0.29) is 6.10 Å². The Kier molecular flexibility index (Phi) is 16.4. The quantitative estimate of drug-likeness (QED) is 0.359. The van der Waals surface area contributed by atoms with Crippen LogP contribution in [0.15, 0.2) is 0 Å². The molecule has 4 aliphatic rings. The van der Waals surface area contributed by atoms with Gasteiger partial charge in [-0.05, 0) is 104 Å². The predicted octanol–water partition coefficient (Wildman–Crippen LogP) is 6.97. The van der Waals surface area contributed by atoms with Gasteiger partial charge in [-0.25, -0.2) is 0 Å². The minimum atomic E-state index is 0.0207. The van der Waals surface area contributed by atoms with Gasteiger partial charge in [-0.15, -0.1) is 0 Å². The van der Waals surface area contributed by atoms with Gasteiger partial charge in [0.2, 0.25) is 5.91 Å². The second-order valence-corrected chi connectivity index (χ2v) is 16.0. The summed E-state index contributed by atoms with van der Waals surface area (Å²) in [6.07, 6.45) is 11.5. The third kappa shape index (κ3) is 16.1. The number of piperidine rings is 1. The predicted molar refractivity (Wildman–Crippen MR) is 168 cm³/mol. The first-order chi connectivity index (χ1) is 18.4. The maximum absolute atomic E-state index is 12.2. The summed E-state index contributed by atoms with van der Waals surface area (Å²) in [4.78, 5) is 16.5. The second-order valence-electron chi connectivity index (χ2n) is 14.8. The Hall–Kier alpha value is -0.300. The number of carbonyl (C=O) groups is 1. The highest BCUT2D eigenvalue weighted by Gasteiger charge is 2.30. The molecule has 39 heavy (non-hydrogen) atoms. The molecule has 0 aromatic rings. The Labute approximate surface area is 246 Å². The van der Waals surface area contributed by atoms with Crippen LogP contribution in [-0.4, -0.2) is 84.4 Å². The van der Waals surface area contributed by atoms with Gasteiger partial charge in [-0.3, -0.25) is 9.69 Å². The highest BCUT2D eigenvalue weighted by Crippen LogP contribution is 2.37. The van der Waals surface area contributed by atoms with E-state index >= 15 is 0 Å². The summed E-state index contributed by atoms with van der Waals surface area (Å²) < 4.78 is 5.31. The monoisotopic (exact) mass is 568 g/mol. The molecule has 1 N–H and O–H groups in total. The summed E-state index contributed by atoms with van der Waals surface area (Å²) >= 11 is 2.13. The average Bonchev–Trinajstić information content (AvgIpc) is 2.84. The summed E-state index contributed by atoms with van der Waals surface area (Å²) in [7, 11) is 0. The summed E-state index contributed by atoms with van der Waals surface area (Å²) in [5.41, 5.74) is 0.449. The van der Waals surface area contributed by atoms with Crippen molar-refractivity contribution in [3.8, 4) is 0 Å². The van der Waals surface area contributed by atoms with E-state index in [0.29, 0.717) is 17.9 Å². The molecular weight excluding hydrogens is 504 g/mol. The first-order valence-corrected chi connectivity index (χ1v) is 17.4. The molecule has 0 aromatic heterocycles. The van der Waals surface area contributed by atoms with Gasteiger partial charge in [-0.2, -0.15) is 11.8 Å². The molecule has 4 fully saturated rings. The lowest BCUT2D eigenvalue weighted by atomic mass is 9.73. The van der Waals surface area contributed by atoms with Crippen LogP contribution in [0.5, 0.6) is 0 Å². The maximum atomic E-state index is 12.2. The molecule has 1 saturated carbocycles. The van der Waals surface area contributed by atoms with Crippen LogP contribution in [0.3, 0.4) is 0 Å². The number of carbonyl (C=O) groups excluding carboxylic acids is 1. The van der Waals surface area contributed by atoms with Gasteiger partial charge in [0.15, 0.2) is 0 Å². The van der Waals surface area contributed by atoms with E-state index in [1.54, 1.807) is 0 Å². The second kappa shape index (κ2) is 18.3. The number of aliphatic hydroxyl groups is 1. The molecule has 0 unspecified atom stereocenters. The summed E-state index contributed by atoms with van der Waals surface area (Å²) in [6.45, 7) is 21.9. The summed E-state index contributed by atoms with van der Waals surface area (Å²) in [5.74, 6) is 7.51. The van der Waals surface area contributed by atoms with Crippen LogP contribution in [0.25, 0.3) is 0 Å². The number of likely N-dealkylation sites (tertiary alicyclic amines) is 1. The van der Waals surface area contributed by atoms with Gasteiger partial charge in [0.25, 0.3) is 0 Å². The molecule has 0 spiro atoms. The van der Waals surface area contributed by atoms with Crippen molar-refractivity contribution in [3.63, 3.8) is 0 Å². The lowest BCUT2D eigenvalue weighted by Gasteiger charge is -2.35. The van der Waals surface area contributed by atoms with E-state index in [1.165, 1.54) is 56.5 Å². The average molecular weight is 569 g/mol. The molecule has 5 nitrogen and oxygen atoms in total. The van der Waals surface area contributed by atoms with Crippen LogP contribution in [-0.2, 0) is 9.53 Å². The molecule has 1 aliphatic carbocycles. The van der Waals surface area contributed by atoms with Gasteiger partial charge in [0, 0.05) is 26.2 Å². The third-order valence-electron chi connectivity index (χ3n) is 8.49. The van der Waals surface area contributed by atoms with E-state index in [2.05, 4.69) is 70.0 Å². The molecule has 230 valence electrons. The Morgan fingerprint density at radius 1 is 0.846 bits per heavy atom. The smallest absolute Gasteiger partial charge is 0.236 e. The van der Waals surface area contributed by atoms with E-state index in [9.17, 15) is 4.79 Å². The lowest BCUT2D eigenvalue weighted by molar-refractivity contribution is -0.134. The molecule has 0 aromatic carbocycles. The Bertz CT molecular complexity index is 640. The Balaban J connectivity index is 0.000000225. The summed E-state index contributed by atoms with van der Waals surface area (Å²) in [5, 5.41) is 9.02. The number of rotatable bonds is 7. The zero-order chi connectivity index (χ0) is 28.8. The van der Waals surface area contributed by atoms with Crippen molar-refractivity contribution < 1.29 is 14.6 Å². The fraction of sp³-hybridized carbons (Fsp3) is 0.970. The largest absolute Gasteiger partial charge is 0.393 e. The topological polar surface area (TPSA) is 53.0 Å². The van der Waals surface area contributed by atoms with Crippen LogP contribution in [0.1, 0.15) is 106 Å². The van der Waals surface area contributed by atoms with Crippen molar-refractivity contribution in [2.75, 3.05) is 57.4 Å². The Morgan fingerprint density at radius 2 is 1.36 bits per heavy atom. The third-order valence-corrected chi connectivity index (χ3v) is 9.54. The van der Waals surface area contributed by atoms with Crippen LogP contribution in [0.2, 0.25) is 0 Å². The van der Waals surface area contributed by atoms with Crippen molar-refractivity contribution in [1.82, 2.24) is 9.80 Å². The first-order valence-electron chi connectivity index (χ1n) is 16.2. The number of hydrogen-bond donors (Lipinski definition) is 1. The van der Waals surface area contributed by atoms with Gasteiger partial charge in [-0.1, -0.05) is 48.5 Å². The van der Waals surface area contributed by atoms with Crippen molar-refractivity contribution >= 4 is 17.7 Å². The number of thioether (sulfide) groups is 1. The standard InChI is InChI=1S/C15H28N2O2.C9H18O.C9H18S/c1-13(2)11-14-3-5-17(6-4-14)15(18)12-16-7-9-19-10-8-16;1-9(2,3)6-7-4-8(10)5-7;1-8(2)7-9-3-5-10-6-4-9/h13-14H,3-12H2,1-2H3;7-8,10H,4-6H2,1-3H3;8-9H,3-7H2,1-2H3. The van der Waals surface area contributed by atoms with Crippen molar-refractivity contribution in [3.05, 3.63) is 0 Å². The number of nitrogens with zero attached hydrogens (tertiary/aromatic N) is 2. The SMILES string of the molecule is CC(C)(C)CC1CC(O)C1.CC(C)CC1CCN(C(=O)CN2CCOCC2)CC1.CC(C)CC1CCSCC1. The van der Waals surface area contributed by atoms with Gasteiger partial charge >= 0.3 is 0 Å². The lowest BCUT2D eigenvalue weighted by Crippen LogP contribution is -2.47. The van der Waals surface area contributed by atoms with Crippen LogP contribution in [0, 0.1) is 35.0 Å². The fourth-order valence-corrected chi connectivity index (χ4v) is 7.72. The first kappa shape index (κ1) is 34.9. The van der Waals surface area contributed by atoms with Crippen LogP contribution in [0.4, 0.5) is 0 Å². The highest BCUT2D eigenvalue weighted by atomic mass is 32.2. The maximum Gasteiger partial charge on any atom is 0.236 e. The van der Waals surface area contributed by atoms with E-state index in [0.717, 1.165) is 81.8 Å². The molecule has 3 aliphatic heterocycles. The number of amides is 1. The zero-order valence-corrected chi connectivity index (χ0v) is 27.6. The fourth-order valence-electron chi connectivity index (χ4n) is 6.52. The molecule has 0 atom stereocenters. The number of morpholine rings is 1. The van der Waals surface area contributed by atoms with E-state index in [4.69, 9.17) is 9.84 Å². The van der Waals surface area contributed by atoms with E-state index < -0.39 is 0 Å². The van der Waals surface area contributed by atoms with E-state index in [1.807, 2.05) is 0 Å². The minimum absolute atomic E-state index is 0.0207. The zero-order valence-electron chi connectivity index (χ0n) is 26.8. The molecule has 3 heterocycles. The molecule has 0 bridgehead atoms. The van der Waals surface area contributed by atoms with Gasteiger partial charge in [0.1, 0.15) is 0 Å². The molecule has 1 amide bonds. The Morgan fingerprint density at radius 3 is 1.82 bits per heavy atom. The number of aliphatic hydroxyl groups excluding tert-OH is 1. The molecule has 4 rings (SSSR count). The van der Waals surface area contributed by atoms with Crippen molar-refractivity contribution in [1.29, 1.82) is 0 Å². The molecule has 0 radical (unpaired) electrons. The number of hydrogen-bond acceptors (Lipinski definition) is 5. The number of ether oxygens (including phenoxy) is 1. The van der Waals surface area contributed by atoms with Gasteiger partial charge < -0.3 is 14.7 Å². The molecule has 6 heteroatoms. The highest BCUT2D eigenvalue weighted by molar-refractivity contribution is 7.99. The normalized spacial score (nSPS) is 25.4.